The number of piperidine rings is 1. The average Bonchev–Trinajstić information content (AvgIpc) is 3.59. The SMILES string of the molecule is C=CCn1c(=O)c2cnc(NC3CCN(CCCCCCNC4CCCC4)CC3)nc2n1-c1cccc(C(C)(C)O)n1. The lowest BCUT2D eigenvalue weighted by molar-refractivity contribution is 0.0738. The Balaban J connectivity index is 1.17. The van der Waals surface area contributed by atoms with Gasteiger partial charge in [0.2, 0.25) is 5.95 Å². The molecule has 10 heteroatoms. The summed E-state index contributed by atoms with van der Waals surface area (Å²) in [6, 6.07) is 6.48. The zero-order valence-corrected chi connectivity index (χ0v) is 25.4. The molecule has 3 aromatic heterocycles. The third kappa shape index (κ3) is 7.46. The molecule has 0 amide bonds. The van der Waals surface area contributed by atoms with Crippen LogP contribution in [0, 0.1) is 0 Å². The van der Waals surface area contributed by atoms with Gasteiger partial charge in [0.1, 0.15) is 11.0 Å². The smallest absolute Gasteiger partial charge is 0.278 e. The van der Waals surface area contributed by atoms with Crippen LogP contribution in [0.2, 0.25) is 0 Å². The molecule has 0 radical (unpaired) electrons. The van der Waals surface area contributed by atoms with E-state index in [1.165, 1.54) is 64.5 Å². The average molecular weight is 577 g/mol. The summed E-state index contributed by atoms with van der Waals surface area (Å²) in [7, 11) is 0. The number of pyridine rings is 1. The summed E-state index contributed by atoms with van der Waals surface area (Å²) in [5.41, 5.74) is -0.332. The number of fused-ring (bicyclic) bond motifs is 1. The van der Waals surface area contributed by atoms with Crippen molar-refractivity contribution in [3.8, 4) is 5.82 Å². The van der Waals surface area contributed by atoms with E-state index in [0.717, 1.165) is 32.0 Å². The monoisotopic (exact) mass is 576 g/mol. The summed E-state index contributed by atoms with van der Waals surface area (Å²) in [4.78, 5) is 29.8. The Morgan fingerprint density at radius 2 is 1.81 bits per heavy atom. The van der Waals surface area contributed by atoms with Crippen molar-refractivity contribution in [3.63, 3.8) is 0 Å². The third-order valence-corrected chi connectivity index (χ3v) is 8.67. The minimum atomic E-state index is -1.12. The molecule has 10 nitrogen and oxygen atoms in total. The van der Waals surface area contributed by atoms with Gasteiger partial charge < -0.3 is 20.6 Å². The molecule has 0 atom stereocenters. The summed E-state index contributed by atoms with van der Waals surface area (Å²) in [5, 5.41) is 18.2. The van der Waals surface area contributed by atoms with E-state index in [4.69, 9.17) is 4.98 Å². The Kier molecular flexibility index (Phi) is 10.1. The van der Waals surface area contributed by atoms with E-state index in [9.17, 15) is 9.90 Å². The largest absolute Gasteiger partial charge is 0.384 e. The Labute approximate surface area is 249 Å². The standard InChI is InChI=1S/C32H48N8O2/c1-4-19-39-30(41)26-23-34-31(37-29(26)40(39)28-15-11-14-27(36-28)32(2,3)42)35-25-16-21-38(22-17-25)20-10-6-5-9-18-33-24-12-7-8-13-24/h4,11,14-15,23-25,33,42H,1,5-10,12-13,16-22H2,2-3H3,(H,34,35,37). The fourth-order valence-corrected chi connectivity index (χ4v) is 6.23. The first-order valence-electron chi connectivity index (χ1n) is 15.9. The zero-order valence-electron chi connectivity index (χ0n) is 25.4. The van der Waals surface area contributed by atoms with Gasteiger partial charge in [0.25, 0.3) is 5.56 Å². The number of rotatable bonds is 14. The van der Waals surface area contributed by atoms with E-state index in [-0.39, 0.29) is 11.6 Å². The van der Waals surface area contributed by atoms with Gasteiger partial charge in [0.05, 0.1) is 12.2 Å². The molecule has 4 heterocycles. The predicted octanol–water partition coefficient (Wildman–Crippen LogP) is 4.36. The minimum Gasteiger partial charge on any atom is -0.384 e. The lowest BCUT2D eigenvalue weighted by atomic mass is 10.0. The Hall–Kier alpha value is -3.08. The summed E-state index contributed by atoms with van der Waals surface area (Å²) < 4.78 is 3.26. The summed E-state index contributed by atoms with van der Waals surface area (Å²) in [6.07, 6.45) is 16.0. The van der Waals surface area contributed by atoms with Crippen LogP contribution < -0.4 is 16.2 Å². The second-order valence-electron chi connectivity index (χ2n) is 12.5. The molecule has 1 saturated carbocycles. The van der Waals surface area contributed by atoms with E-state index in [1.807, 2.05) is 12.1 Å². The van der Waals surface area contributed by atoms with Crippen LogP contribution in [0.15, 0.2) is 41.8 Å². The summed E-state index contributed by atoms with van der Waals surface area (Å²) in [5.74, 6) is 1.02. The van der Waals surface area contributed by atoms with Crippen LogP contribution in [0.1, 0.15) is 83.7 Å². The molecule has 5 rings (SSSR count). The van der Waals surface area contributed by atoms with E-state index in [0.29, 0.717) is 35.0 Å². The van der Waals surface area contributed by atoms with E-state index in [2.05, 4.69) is 32.1 Å². The highest BCUT2D eigenvalue weighted by Gasteiger charge is 2.23. The van der Waals surface area contributed by atoms with Crippen LogP contribution in [0.5, 0.6) is 0 Å². The van der Waals surface area contributed by atoms with Crippen LogP contribution in [0.3, 0.4) is 0 Å². The molecular weight excluding hydrogens is 528 g/mol. The fraction of sp³-hybridized carbons (Fsp3) is 0.625. The van der Waals surface area contributed by atoms with Crippen molar-refractivity contribution in [1.82, 2.24) is 34.5 Å². The molecule has 0 aromatic carbocycles. The van der Waals surface area contributed by atoms with Crippen molar-refractivity contribution in [2.45, 2.75) is 102 Å². The summed E-state index contributed by atoms with van der Waals surface area (Å²) >= 11 is 0. The molecule has 1 saturated heterocycles. The molecule has 0 unspecified atom stereocenters. The third-order valence-electron chi connectivity index (χ3n) is 8.67. The van der Waals surface area contributed by atoms with Gasteiger partial charge >= 0.3 is 0 Å². The molecule has 42 heavy (non-hydrogen) atoms. The first-order chi connectivity index (χ1) is 20.3. The number of allylic oxidation sites excluding steroid dienone is 1. The first-order valence-corrected chi connectivity index (χ1v) is 15.9. The molecular formula is C32H48N8O2. The number of nitrogens with one attached hydrogen (secondary N) is 2. The number of aliphatic hydroxyl groups is 1. The Bertz CT molecular complexity index is 1380. The van der Waals surface area contributed by atoms with E-state index < -0.39 is 5.60 Å². The van der Waals surface area contributed by atoms with Gasteiger partial charge in [-0.05, 0) is 77.6 Å². The molecule has 1 aliphatic carbocycles. The molecule has 1 aliphatic heterocycles. The number of nitrogens with zero attached hydrogens (tertiary/aromatic N) is 6. The number of unbranched alkanes of at least 4 members (excludes halogenated alkanes) is 3. The topological polar surface area (TPSA) is 113 Å². The number of hydrogen-bond donors (Lipinski definition) is 3. The van der Waals surface area contributed by atoms with Gasteiger partial charge in [0, 0.05) is 31.4 Å². The maximum atomic E-state index is 13.3. The number of anilines is 1. The number of hydrogen-bond acceptors (Lipinski definition) is 8. The highest BCUT2D eigenvalue weighted by molar-refractivity contribution is 5.76. The van der Waals surface area contributed by atoms with Gasteiger partial charge in [-0.2, -0.15) is 4.98 Å². The van der Waals surface area contributed by atoms with Crippen molar-refractivity contribution in [2.24, 2.45) is 0 Å². The van der Waals surface area contributed by atoms with Crippen molar-refractivity contribution in [1.29, 1.82) is 0 Å². The van der Waals surface area contributed by atoms with Crippen molar-refractivity contribution >= 4 is 17.0 Å². The maximum absolute atomic E-state index is 13.3. The fourth-order valence-electron chi connectivity index (χ4n) is 6.23. The van der Waals surface area contributed by atoms with Crippen molar-refractivity contribution < 1.29 is 5.11 Å². The molecule has 3 aromatic rings. The quantitative estimate of drug-likeness (QED) is 0.192. The Morgan fingerprint density at radius 1 is 1.05 bits per heavy atom. The molecule has 228 valence electrons. The van der Waals surface area contributed by atoms with Crippen LogP contribution in [-0.4, -0.2) is 72.6 Å². The normalized spacial score (nSPS) is 17.3. The van der Waals surface area contributed by atoms with Crippen LogP contribution in [-0.2, 0) is 12.1 Å². The maximum Gasteiger partial charge on any atom is 0.278 e. The Morgan fingerprint density at radius 3 is 2.55 bits per heavy atom. The van der Waals surface area contributed by atoms with Crippen LogP contribution >= 0.6 is 0 Å². The molecule has 2 fully saturated rings. The molecule has 2 aliphatic rings. The minimum absolute atomic E-state index is 0.203. The van der Waals surface area contributed by atoms with Crippen LogP contribution in [0.25, 0.3) is 16.9 Å². The molecule has 0 spiro atoms. The lowest BCUT2D eigenvalue weighted by Crippen LogP contribution is -2.39. The van der Waals surface area contributed by atoms with E-state index >= 15 is 0 Å². The number of likely N-dealkylation sites (tertiary alicyclic amines) is 1. The van der Waals surface area contributed by atoms with Crippen LogP contribution in [0.4, 0.5) is 5.95 Å². The molecule has 0 bridgehead atoms. The second-order valence-corrected chi connectivity index (χ2v) is 12.5. The highest BCUT2D eigenvalue weighted by Crippen LogP contribution is 2.22. The molecule has 3 N–H and O–H groups in total. The van der Waals surface area contributed by atoms with Crippen molar-refractivity contribution in [2.75, 3.05) is 31.5 Å². The van der Waals surface area contributed by atoms with Gasteiger partial charge in [-0.15, -0.1) is 6.58 Å². The van der Waals surface area contributed by atoms with Gasteiger partial charge in [0.15, 0.2) is 11.5 Å². The van der Waals surface area contributed by atoms with Gasteiger partial charge in [-0.1, -0.05) is 37.8 Å². The first kappa shape index (κ1) is 30.4. The van der Waals surface area contributed by atoms with Crippen molar-refractivity contribution in [3.05, 3.63) is 53.1 Å². The lowest BCUT2D eigenvalue weighted by Gasteiger charge is -2.32. The van der Waals surface area contributed by atoms with Gasteiger partial charge in [-0.25, -0.2) is 19.3 Å². The predicted molar refractivity (Wildman–Crippen MR) is 168 cm³/mol. The van der Waals surface area contributed by atoms with E-state index in [1.54, 1.807) is 41.6 Å². The second kappa shape index (κ2) is 13.9. The van der Waals surface area contributed by atoms with Gasteiger partial charge in [-0.3, -0.25) is 4.79 Å². The highest BCUT2D eigenvalue weighted by atomic mass is 16.3. The number of aromatic nitrogens is 5. The zero-order chi connectivity index (χ0) is 29.5. The summed E-state index contributed by atoms with van der Waals surface area (Å²) in [6.45, 7) is 12.0.